The number of hydrogen-bond acceptors (Lipinski definition) is 7. The molecule has 112 heavy (non-hydrogen) atoms. The Kier molecular flexibility index (Phi) is 14.6. The third-order valence-corrected chi connectivity index (χ3v) is 31.1. The Bertz CT molecular complexity index is 7980. The number of pyridine rings is 4. The lowest BCUT2D eigenvalue weighted by molar-refractivity contribution is 0.584. The minimum absolute atomic E-state index is 0.104. The van der Waals surface area contributed by atoms with Gasteiger partial charge in [0.15, 0.2) is 0 Å². The molecule has 4 atom stereocenters. The third kappa shape index (κ3) is 10.2. The first-order valence-corrected chi connectivity index (χ1v) is 45.6. The van der Waals surface area contributed by atoms with Gasteiger partial charge in [-0.25, -0.2) is 15.0 Å². The smallest absolute Gasteiger partial charge is 0.146 e. The van der Waals surface area contributed by atoms with Crippen LogP contribution in [-0.2, 0) is 31.7 Å². The van der Waals surface area contributed by atoms with E-state index in [4.69, 9.17) is 19.9 Å². The van der Waals surface area contributed by atoms with Crippen molar-refractivity contribution in [3.63, 3.8) is 0 Å². The van der Waals surface area contributed by atoms with E-state index in [1.54, 1.807) is 0 Å². The Hall–Kier alpha value is -12.2. The SMILES string of the molecule is CC1Cc2c(nc3c4ccccc4c4ccc(-c5ccc(P(C)(=O)c6cccc7c6nc6c8ccccc8c8ccc(-c9ccc%10ccc(P(C)(C)=O)cc%10c9)cc8n76)c6ccccc56)cc4n23)C=C1c1cncc(CP(C)(=O)c2ccc3c(c2)=CC(C)(c2ccc4c5ccccc5c5nc6ccccc6n5c4c2)CC=3)c1. The van der Waals surface area contributed by atoms with Gasteiger partial charge in [-0.15, -0.1) is 0 Å². The molecular formula is C99H74N7O3P3. The number of para-hydroxylation sites is 3. The quantitative estimate of drug-likeness (QED) is 0.0989. The van der Waals surface area contributed by atoms with E-state index < -0.39 is 21.4 Å². The Balaban J connectivity index is 0.594. The van der Waals surface area contributed by atoms with E-state index in [0.717, 1.165) is 199 Å². The van der Waals surface area contributed by atoms with Crippen LogP contribution in [0.1, 0.15) is 48.3 Å². The molecule has 0 spiro atoms. The fraction of sp³-hybridized carbons (Fsp3) is 0.111. The molecule has 7 heterocycles. The largest absolute Gasteiger partial charge is 0.319 e. The number of hydrogen-bond donors (Lipinski definition) is 0. The van der Waals surface area contributed by atoms with Gasteiger partial charge in [-0.1, -0.05) is 220 Å². The van der Waals surface area contributed by atoms with E-state index in [1.165, 1.54) is 16.3 Å². The second-order valence-electron chi connectivity index (χ2n) is 32.1. The summed E-state index contributed by atoms with van der Waals surface area (Å²) in [5.41, 5.74) is 19.9. The summed E-state index contributed by atoms with van der Waals surface area (Å²) >= 11 is 0. The molecule has 22 rings (SSSR count). The lowest BCUT2D eigenvalue weighted by Gasteiger charge is -2.28. The summed E-state index contributed by atoms with van der Waals surface area (Å²) < 4.78 is 52.0. The number of allylic oxidation sites excluding steroid dienone is 1. The van der Waals surface area contributed by atoms with Gasteiger partial charge in [-0.3, -0.25) is 18.2 Å². The molecule has 13 heteroatoms. The zero-order valence-electron chi connectivity index (χ0n) is 62.7. The van der Waals surface area contributed by atoms with Crippen LogP contribution < -0.4 is 31.7 Å². The highest BCUT2D eigenvalue weighted by Gasteiger charge is 2.33. The normalized spacial score (nSPS) is 16.5. The number of fused-ring (bicyclic) bond motifs is 27. The number of nitrogens with zero attached hydrogens (tertiary/aromatic N) is 7. The van der Waals surface area contributed by atoms with Crippen molar-refractivity contribution in [3.8, 4) is 22.3 Å². The highest BCUT2D eigenvalue weighted by molar-refractivity contribution is 7.79. The highest BCUT2D eigenvalue weighted by atomic mass is 31.2. The predicted octanol–water partition coefficient (Wildman–Crippen LogP) is 21.6. The summed E-state index contributed by atoms with van der Waals surface area (Å²) in [6.07, 6.45) is 12.8. The van der Waals surface area contributed by atoms with E-state index in [0.29, 0.717) is 17.0 Å². The monoisotopic (exact) mass is 1500 g/mol. The van der Waals surface area contributed by atoms with Crippen LogP contribution >= 0.6 is 21.4 Å². The van der Waals surface area contributed by atoms with Crippen molar-refractivity contribution in [3.05, 3.63) is 318 Å². The fourth-order valence-corrected chi connectivity index (χ4v) is 23.9. The molecule has 0 fully saturated rings. The first kappa shape index (κ1) is 66.8. The Labute approximate surface area is 645 Å². The van der Waals surface area contributed by atoms with Crippen molar-refractivity contribution in [1.82, 2.24) is 33.1 Å². The summed E-state index contributed by atoms with van der Waals surface area (Å²) in [7, 11) is -8.84. The summed E-state index contributed by atoms with van der Waals surface area (Å²) in [4.78, 5) is 21.1. The van der Waals surface area contributed by atoms with Crippen LogP contribution in [0, 0.1) is 5.92 Å². The lowest BCUT2D eigenvalue weighted by atomic mass is 9.76. The first-order chi connectivity index (χ1) is 54.4. The van der Waals surface area contributed by atoms with E-state index in [9.17, 15) is 4.57 Å². The van der Waals surface area contributed by atoms with Crippen molar-refractivity contribution in [2.75, 3.05) is 26.7 Å². The Morgan fingerprint density at radius 1 is 0.438 bits per heavy atom. The van der Waals surface area contributed by atoms with Crippen LogP contribution in [0.25, 0.3) is 172 Å². The average molecular weight is 1500 g/mol. The van der Waals surface area contributed by atoms with Gasteiger partial charge in [-0.2, -0.15) is 0 Å². The molecule has 10 nitrogen and oxygen atoms in total. The van der Waals surface area contributed by atoms with Crippen LogP contribution in [0.15, 0.2) is 279 Å². The zero-order chi connectivity index (χ0) is 75.4. The van der Waals surface area contributed by atoms with Gasteiger partial charge in [0.25, 0.3) is 0 Å². The average Bonchev–Trinajstić information content (AvgIpc) is 1.54. The molecule has 0 saturated heterocycles. The molecule has 2 aliphatic carbocycles. The molecule has 0 bridgehead atoms. The maximum Gasteiger partial charge on any atom is 0.146 e. The number of benzene rings is 13. The first-order valence-electron chi connectivity index (χ1n) is 38.5. The molecule has 0 N–H and O–H groups in total. The molecule has 2 aliphatic rings. The molecule has 13 aromatic carbocycles. The van der Waals surface area contributed by atoms with Crippen LogP contribution in [0.5, 0.6) is 0 Å². The molecule has 0 radical (unpaired) electrons. The lowest BCUT2D eigenvalue weighted by Crippen LogP contribution is -2.37. The van der Waals surface area contributed by atoms with Gasteiger partial charge in [-0.05, 0) is 217 Å². The zero-order valence-corrected chi connectivity index (χ0v) is 65.4. The van der Waals surface area contributed by atoms with Gasteiger partial charge >= 0.3 is 0 Å². The number of imidazole rings is 3. The summed E-state index contributed by atoms with van der Waals surface area (Å²) in [5.74, 6) is 0.104. The minimum atomic E-state index is -3.40. The second-order valence-corrected chi connectivity index (χ2v) is 41.2. The maximum atomic E-state index is 16.4. The van der Waals surface area contributed by atoms with Gasteiger partial charge < -0.3 is 13.7 Å². The topological polar surface area (TPSA) is 116 Å². The second kappa shape index (κ2) is 24.4. The molecule has 538 valence electrons. The van der Waals surface area contributed by atoms with Crippen molar-refractivity contribution >= 4 is 192 Å². The standard InChI is InChI=1S/C99H74N7O3P3/c1-59-46-92-86(54-84(59)68-47-60(56-100-57-68)58-111(5,108)71-38-33-62-44-45-99(2,55-67(62)50-71)69-36-41-79-76-21-9-12-23-81(76)96-101-85-26-15-16-27-87(85)104(96)91(79)53-69)102-97-82-24-13-8-19-74(82)78-40-35-65(52-90(78)106(92)97)72-42-43-93(80-22-11-7-18-73(72)80)112(6,109)94-29-17-28-88-95(94)103-98-83-25-14-10-20-75(83)77-39-34-64(51-89(77)105(88)98)63-31-30-61-32-37-70(110(3,4)107)49-66(61)48-63/h7-44,47-57,59H,45-46,58H2,1-6H3. The summed E-state index contributed by atoms with van der Waals surface area (Å²) in [6.45, 7) is 12.1. The van der Waals surface area contributed by atoms with Crippen LogP contribution in [0.4, 0.5) is 0 Å². The van der Waals surface area contributed by atoms with Crippen LogP contribution in [0.2, 0.25) is 0 Å². The van der Waals surface area contributed by atoms with Gasteiger partial charge in [0, 0.05) is 77.5 Å². The summed E-state index contributed by atoms with van der Waals surface area (Å²) in [5, 5.41) is 19.6. The molecular weight excluding hydrogens is 1430 g/mol. The van der Waals surface area contributed by atoms with E-state index >= 15 is 9.13 Å². The van der Waals surface area contributed by atoms with Gasteiger partial charge in [0.2, 0.25) is 0 Å². The van der Waals surface area contributed by atoms with Crippen LogP contribution in [-0.4, -0.2) is 59.8 Å². The molecule has 0 aliphatic heterocycles. The summed E-state index contributed by atoms with van der Waals surface area (Å²) in [6, 6.07) is 94.7. The van der Waals surface area contributed by atoms with E-state index in [2.05, 4.69) is 294 Å². The predicted molar refractivity (Wildman–Crippen MR) is 472 cm³/mol. The molecule has 0 amide bonds. The molecule has 4 unspecified atom stereocenters. The maximum absolute atomic E-state index is 16.4. The Morgan fingerprint density at radius 3 is 1.79 bits per heavy atom. The van der Waals surface area contributed by atoms with Gasteiger partial charge in [0.1, 0.15) is 43.9 Å². The molecule has 0 saturated carbocycles. The Morgan fingerprint density at radius 2 is 1.04 bits per heavy atom. The molecule has 7 aromatic heterocycles. The number of aromatic nitrogens is 7. The van der Waals surface area contributed by atoms with Crippen molar-refractivity contribution in [1.29, 1.82) is 0 Å². The highest BCUT2D eigenvalue weighted by Crippen LogP contribution is 2.49. The van der Waals surface area contributed by atoms with Crippen molar-refractivity contribution < 1.29 is 13.7 Å². The van der Waals surface area contributed by atoms with Gasteiger partial charge in [0.05, 0.1) is 44.5 Å². The van der Waals surface area contributed by atoms with E-state index in [-0.39, 0.29) is 11.3 Å². The fourth-order valence-electron chi connectivity index (χ4n) is 18.9. The van der Waals surface area contributed by atoms with Crippen molar-refractivity contribution in [2.24, 2.45) is 5.92 Å². The third-order valence-electron chi connectivity index (χ3n) is 24.7. The molecule has 20 aromatic rings. The number of rotatable bonds is 10. The van der Waals surface area contributed by atoms with E-state index in [1.807, 2.05) is 57.3 Å². The van der Waals surface area contributed by atoms with Crippen molar-refractivity contribution in [2.45, 2.75) is 38.3 Å². The minimum Gasteiger partial charge on any atom is -0.319 e. The van der Waals surface area contributed by atoms with Crippen LogP contribution in [0.3, 0.4) is 0 Å².